The van der Waals surface area contributed by atoms with Crippen LogP contribution < -0.4 is 4.74 Å². The molecule has 0 amide bonds. The molecular weight excluding hydrogens is 338 g/mol. The third kappa shape index (κ3) is 6.18. The van der Waals surface area contributed by atoms with Gasteiger partial charge in [-0.1, -0.05) is 19.9 Å². The van der Waals surface area contributed by atoms with Gasteiger partial charge >= 0.3 is 0 Å². The lowest BCUT2D eigenvalue weighted by atomic mass is 10.0. The topological polar surface area (TPSA) is 39.2 Å². The normalized spacial score (nSPS) is 19.2. The predicted molar refractivity (Wildman–Crippen MR) is 112 cm³/mol. The minimum Gasteiger partial charge on any atom is -0.496 e. The van der Waals surface area contributed by atoms with Gasteiger partial charge in [-0.25, -0.2) is 0 Å². The highest BCUT2D eigenvalue weighted by molar-refractivity contribution is 5.37. The third-order valence-electron chi connectivity index (χ3n) is 5.78. The van der Waals surface area contributed by atoms with E-state index in [1.165, 1.54) is 11.1 Å². The van der Waals surface area contributed by atoms with Crippen molar-refractivity contribution in [1.82, 2.24) is 14.7 Å². The number of methoxy groups -OCH3 is 1. The number of hydrogen-bond acceptors (Lipinski definition) is 5. The molecule has 154 valence electrons. The summed E-state index contributed by atoms with van der Waals surface area (Å²) in [5.41, 5.74) is 2.62. The first kappa shape index (κ1) is 22.2. The van der Waals surface area contributed by atoms with Crippen LogP contribution in [0.4, 0.5) is 0 Å². The third-order valence-corrected chi connectivity index (χ3v) is 5.78. The second-order valence-electron chi connectivity index (χ2n) is 7.84. The molecule has 1 saturated heterocycles. The Morgan fingerprint density at radius 1 is 1.22 bits per heavy atom. The zero-order chi connectivity index (χ0) is 19.8. The van der Waals surface area contributed by atoms with Crippen LogP contribution in [0.25, 0.3) is 0 Å². The van der Waals surface area contributed by atoms with Crippen molar-refractivity contribution in [2.75, 3.05) is 46.4 Å². The fourth-order valence-electron chi connectivity index (χ4n) is 4.16. The summed E-state index contributed by atoms with van der Waals surface area (Å²) in [7, 11) is 1.76. The molecule has 1 aromatic carbocycles. The molecule has 27 heavy (non-hydrogen) atoms. The molecule has 0 aromatic heterocycles. The number of aliphatic hydroxyl groups excluding tert-OH is 1. The van der Waals surface area contributed by atoms with Gasteiger partial charge in [0.05, 0.1) is 7.11 Å². The summed E-state index contributed by atoms with van der Waals surface area (Å²) in [6.45, 7) is 16.3. The molecule has 0 bridgehead atoms. The molecule has 0 aliphatic carbocycles. The molecule has 1 heterocycles. The number of piperazine rings is 1. The second kappa shape index (κ2) is 11.0. The minimum absolute atomic E-state index is 0.262. The Morgan fingerprint density at radius 3 is 2.56 bits per heavy atom. The van der Waals surface area contributed by atoms with E-state index in [4.69, 9.17) is 4.74 Å². The molecule has 0 radical (unpaired) electrons. The second-order valence-corrected chi connectivity index (χ2v) is 7.84. The van der Waals surface area contributed by atoms with Crippen LogP contribution in [0, 0.1) is 0 Å². The standard InChI is InChI=1S/C22H39N3O2/c1-6-23(7-2)16-20-14-19(8-9-22(20)27-5)15-24-11-12-25(18(3)4)21(17-24)10-13-26/h8-9,14,18,21,26H,6-7,10-13,15-17H2,1-5H3. The fraction of sp³-hybridized carbons (Fsp3) is 0.727. The number of hydrogen-bond donors (Lipinski definition) is 1. The van der Waals surface area contributed by atoms with Gasteiger partial charge in [0.15, 0.2) is 0 Å². The van der Waals surface area contributed by atoms with Crippen LogP contribution in [0.3, 0.4) is 0 Å². The van der Waals surface area contributed by atoms with E-state index < -0.39 is 0 Å². The largest absolute Gasteiger partial charge is 0.496 e. The number of aliphatic hydroxyl groups is 1. The molecule has 1 aliphatic rings. The van der Waals surface area contributed by atoms with Gasteiger partial charge in [-0.3, -0.25) is 14.7 Å². The molecule has 1 atom stereocenters. The van der Waals surface area contributed by atoms with E-state index in [1.807, 2.05) is 0 Å². The molecule has 1 unspecified atom stereocenters. The van der Waals surface area contributed by atoms with Crippen LogP contribution in [-0.4, -0.2) is 78.3 Å². The maximum Gasteiger partial charge on any atom is 0.123 e. The van der Waals surface area contributed by atoms with Crippen molar-refractivity contribution in [1.29, 1.82) is 0 Å². The van der Waals surface area contributed by atoms with Crippen molar-refractivity contribution in [3.8, 4) is 5.75 Å². The van der Waals surface area contributed by atoms with E-state index in [1.54, 1.807) is 7.11 Å². The summed E-state index contributed by atoms with van der Waals surface area (Å²) in [5.74, 6) is 0.980. The quantitative estimate of drug-likeness (QED) is 0.679. The Balaban J connectivity index is 2.08. The highest BCUT2D eigenvalue weighted by atomic mass is 16.5. The SMILES string of the molecule is CCN(CC)Cc1cc(CN2CCN(C(C)C)C(CCO)C2)ccc1OC. The Kier molecular flexibility index (Phi) is 9.03. The first-order valence-corrected chi connectivity index (χ1v) is 10.5. The molecule has 0 spiro atoms. The molecular formula is C22H39N3O2. The fourth-order valence-corrected chi connectivity index (χ4v) is 4.16. The van der Waals surface area contributed by atoms with Crippen molar-refractivity contribution >= 4 is 0 Å². The zero-order valence-electron chi connectivity index (χ0n) is 17.9. The van der Waals surface area contributed by atoms with Crippen LogP contribution >= 0.6 is 0 Å². The first-order valence-electron chi connectivity index (χ1n) is 10.5. The molecule has 5 nitrogen and oxygen atoms in total. The van der Waals surface area contributed by atoms with Crippen LogP contribution in [0.15, 0.2) is 18.2 Å². The van der Waals surface area contributed by atoms with Crippen molar-refractivity contribution < 1.29 is 9.84 Å². The summed E-state index contributed by atoms with van der Waals surface area (Å²) >= 11 is 0. The van der Waals surface area contributed by atoms with E-state index >= 15 is 0 Å². The number of benzene rings is 1. The Morgan fingerprint density at radius 2 is 1.96 bits per heavy atom. The summed E-state index contributed by atoms with van der Waals surface area (Å²) in [6.07, 6.45) is 0.852. The van der Waals surface area contributed by atoms with Gasteiger partial charge in [-0.15, -0.1) is 0 Å². The van der Waals surface area contributed by atoms with Gasteiger partial charge in [0.25, 0.3) is 0 Å². The van der Waals surface area contributed by atoms with Crippen LogP contribution in [0.2, 0.25) is 0 Å². The molecule has 2 rings (SSSR count). The van der Waals surface area contributed by atoms with Gasteiger partial charge in [0, 0.05) is 57.0 Å². The van der Waals surface area contributed by atoms with Crippen molar-refractivity contribution in [2.45, 2.75) is 59.3 Å². The summed E-state index contributed by atoms with van der Waals surface area (Å²) in [4.78, 5) is 7.48. The van der Waals surface area contributed by atoms with Gasteiger partial charge in [-0.05, 0) is 51.1 Å². The summed E-state index contributed by atoms with van der Waals surface area (Å²) in [6, 6.07) is 7.60. The lowest BCUT2D eigenvalue weighted by molar-refractivity contribution is 0.0349. The number of nitrogens with zero attached hydrogens (tertiary/aromatic N) is 3. The van der Waals surface area contributed by atoms with Crippen LogP contribution in [0.1, 0.15) is 45.2 Å². The molecule has 1 aliphatic heterocycles. The minimum atomic E-state index is 0.262. The molecule has 1 aromatic rings. The van der Waals surface area contributed by atoms with E-state index in [2.05, 4.69) is 60.6 Å². The molecule has 1 fully saturated rings. The number of ether oxygens (including phenoxy) is 1. The Hall–Kier alpha value is -1.14. The monoisotopic (exact) mass is 377 g/mol. The average Bonchev–Trinajstić information content (AvgIpc) is 2.66. The number of rotatable bonds is 10. The highest BCUT2D eigenvalue weighted by Crippen LogP contribution is 2.24. The van der Waals surface area contributed by atoms with Crippen molar-refractivity contribution in [3.63, 3.8) is 0 Å². The van der Waals surface area contributed by atoms with Crippen molar-refractivity contribution in [2.24, 2.45) is 0 Å². The average molecular weight is 378 g/mol. The van der Waals surface area contributed by atoms with Gasteiger partial charge in [0.1, 0.15) is 5.75 Å². The van der Waals surface area contributed by atoms with Gasteiger partial charge in [-0.2, -0.15) is 0 Å². The highest BCUT2D eigenvalue weighted by Gasteiger charge is 2.28. The van der Waals surface area contributed by atoms with Crippen LogP contribution in [0.5, 0.6) is 5.75 Å². The van der Waals surface area contributed by atoms with Gasteiger partial charge < -0.3 is 9.84 Å². The van der Waals surface area contributed by atoms with Gasteiger partial charge in [0.2, 0.25) is 0 Å². The smallest absolute Gasteiger partial charge is 0.123 e. The van der Waals surface area contributed by atoms with Crippen LogP contribution in [-0.2, 0) is 13.1 Å². The maximum absolute atomic E-state index is 9.46. The van der Waals surface area contributed by atoms with E-state index in [0.717, 1.165) is 58.0 Å². The summed E-state index contributed by atoms with van der Waals surface area (Å²) < 4.78 is 5.59. The molecule has 1 N–H and O–H groups in total. The predicted octanol–water partition coefficient (Wildman–Crippen LogP) is 2.81. The maximum atomic E-state index is 9.46. The zero-order valence-corrected chi connectivity index (χ0v) is 17.9. The van der Waals surface area contributed by atoms with E-state index in [-0.39, 0.29) is 6.61 Å². The first-order chi connectivity index (χ1) is 13.0. The summed E-state index contributed by atoms with van der Waals surface area (Å²) in [5, 5.41) is 9.46. The Bertz CT molecular complexity index is 560. The van der Waals surface area contributed by atoms with E-state index in [9.17, 15) is 5.11 Å². The Labute approximate surface area is 165 Å². The lowest BCUT2D eigenvalue weighted by Gasteiger charge is -2.43. The lowest BCUT2D eigenvalue weighted by Crippen LogP contribution is -2.55. The van der Waals surface area contributed by atoms with E-state index in [0.29, 0.717) is 12.1 Å². The van der Waals surface area contributed by atoms with Crippen molar-refractivity contribution in [3.05, 3.63) is 29.3 Å². The molecule has 0 saturated carbocycles. The molecule has 5 heteroatoms.